The van der Waals surface area contributed by atoms with Gasteiger partial charge in [0.2, 0.25) is 0 Å². The topological polar surface area (TPSA) is 47.6 Å². The van der Waals surface area contributed by atoms with Crippen molar-refractivity contribution in [2.45, 2.75) is 38.6 Å². The van der Waals surface area contributed by atoms with Crippen LogP contribution in [-0.4, -0.2) is 25.7 Å². The van der Waals surface area contributed by atoms with Crippen LogP contribution < -0.4 is 14.8 Å². The van der Waals surface area contributed by atoms with Crippen LogP contribution in [-0.2, 0) is 4.79 Å². The Morgan fingerprint density at radius 1 is 1.23 bits per heavy atom. The number of nitrogens with one attached hydrogen (secondary N) is 1. The minimum atomic E-state index is -0.0360. The van der Waals surface area contributed by atoms with E-state index in [0.717, 1.165) is 17.6 Å². The smallest absolute Gasteiger partial charge is 0.258 e. The summed E-state index contributed by atoms with van der Waals surface area (Å²) >= 11 is 0. The molecule has 22 heavy (non-hydrogen) atoms. The lowest BCUT2D eigenvalue weighted by atomic mass is 9.84. The fourth-order valence-corrected chi connectivity index (χ4v) is 4.13. The van der Waals surface area contributed by atoms with Crippen LogP contribution in [0, 0.1) is 17.8 Å². The lowest BCUT2D eigenvalue weighted by Gasteiger charge is -2.28. The molecule has 2 aliphatic carbocycles. The second-order valence-electron chi connectivity index (χ2n) is 6.66. The number of hydrogen-bond acceptors (Lipinski definition) is 3. The van der Waals surface area contributed by atoms with E-state index in [-0.39, 0.29) is 18.6 Å². The summed E-state index contributed by atoms with van der Waals surface area (Å²) in [4.78, 5) is 12.1. The first-order valence-electron chi connectivity index (χ1n) is 8.22. The summed E-state index contributed by atoms with van der Waals surface area (Å²) in [6.45, 7) is 2.20. The molecule has 120 valence electrons. The summed E-state index contributed by atoms with van der Waals surface area (Å²) in [5.41, 5.74) is 0. The number of benzene rings is 1. The van der Waals surface area contributed by atoms with Crippen molar-refractivity contribution in [3.63, 3.8) is 0 Å². The van der Waals surface area contributed by atoms with Crippen LogP contribution in [0.25, 0.3) is 0 Å². The first-order valence-corrected chi connectivity index (χ1v) is 8.22. The number of rotatable bonds is 6. The molecule has 2 bridgehead atoms. The van der Waals surface area contributed by atoms with Crippen molar-refractivity contribution in [2.75, 3.05) is 13.7 Å². The van der Waals surface area contributed by atoms with E-state index in [1.807, 2.05) is 24.3 Å². The van der Waals surface area contributed by atoms with Gasteiger partial charge in [0.15, 0.2) is 6.61 Å². The van der Waals surface area contributed by atoms with Gasteiger partial charge in [-0.2, -0.15) is 0 Å². The Bertz CT molecular complexity index is 514. The molecule has 2 saturated carbocycles. The predicted octanol–water partition coefficient (Wildman–Crippen LogP) is 3.01. The van der Waals surface area contributed by atoms with Gasteiger partial charge >= 0.3 is 0 Å². The Morgan fingerprint density at radius 2 is 1.95 bits per heavy atom. The molecule has 1 N–H and O–H groups in total. The van der Waals surface area contributed by atoms with Gasteiger partial charge in [-0.05, 0) is 68.2 Å². The van der Waals surface area contributed by atoms with Crippen molar-refractivity contribution < 1.29 is 14.3 Å². The maximum Gasteiger partial charge on any atom is 0.258 e. The van der Waals surface area contributed by atoms with Gasteiger partial charge in [0.25, 0.3) is 5.91 Å². The molecule has 1 aromatic rings. The van der Waals surface area contributed by atoms with Crippen LogP contribution in [0.5, 0.6) is 11.5 Å². The third-order valence-electron chi connectivity index (χ3n) is 5.25. The Morgan fingerprint density at radius 3 is 2.55 bits per heavy atom. The first kappa shape index (κ1) is 15.2. The molecule has 0 heterocycles. The minimum absolute atomic E-state index is 0.0360. The summed E-state index contributed by atoms with van der Waals surface area (Å²) in [5.74, 6) is 3.81. The summed E-state index contributed by atoms with van der Waals surface area (Å²) in [6, 6.07) is 7.52. The lowest BCUT2D eigenvalue weighted by Crippen LogP contribution is -2.42. The lowest BCUT2D eigenvalue weighted by molar-refractivity contribution is -0.124. The van der Waals surface area contributed by atoms with Crippen molar-refractivity contribution in [2.24, 2.45) is 17.8 Å². The average molecular weight is 303 g/mol. The zero-order chi connectivity index (χ0) is 15.5. The van der Waals surface area contributed by atoms with E-state index in [2.05, 4.69) is 12.2 Å². The van der Waals surface area contributed by atoms with Crippen LogP contribution in [0.1, 0.15) is 32.6 Å². The van der Waals surface area contributed by atoms with Crippen molar-refractivity contribution >= 4 is 5.91 Å². The van der Waals surface area contributed by atoms with Gasteiger partial charge in [0.05, 0.1) is 7.11 Å². The van der Waals surface area contributed by atoms with E-state index in [1.165, 1.54) is 25.7 Å². The molecule has 2 fully saturated rings. The van der Waals surface area contributed by atoms with Crippen molar-refractivity contribution in [3.8, 4) is 11.5 Å². The third kappa shape index (κ3) is 3.37. The monoisotopic (exact) mass is 303 g/mol. The zero-order valence-corrected chi connectivity index (χ0v) is 13.4. The fraction of sp³-hybridized carbons (Fsp3) is 0.611. The highest BCUT2D eigenvalue weighted by Crippen LogP contribution is 2.49. The molecule has 4 heteroatoms. The van der Waals surface area contributed by atoms with Crippen LogP contribution in [0.15, 0.2) is 24.3 Å². The third-order valence-corrected chi connectivity index (χ3v) is 5.25. The molecule has 1 aromatic carbocycles. The minimum Gasteiger partial charge on any atom is -0.497 e. The van der Waals surface area contributed by atoms with Crippen LogP contribution in [0.4, 0.5) is 0 Å². The summed E-state index contributed by atoms with van der Waals surface area (Å²) in [5, 5.41) is 3.11. The van der Waals surface area contributed by atoms with Crippen LogP contribution in [0.2, 0.25) is 0 Å². The Kier molecular flexibility index (Phi) is 4.55. The van der Waals surface area contributed by atoms with Gasteiger partial charge in [0.1, 0.15) is 11.5 Å². The van der Waals surface area contributed by atoms with Crippen LogP contribution >= 0.6 is 0 Å². The molecule has 3 rings (SSSR count). The van der Waals surface area contributed by atoms with E-state index < -0.39 is 0 Å². The Balaban J connectivity index is 1.43. The largest absolute Gasteiger partial charge is 0.497 e. The predicted molar refractivity (Wildman–Crippen MR) is 85.0 cm³/mol. The molecule has 4 nitrogen and oxygen atoms in total. The number of ether oxygens (including phenoxy) is 2. The molecule has 4 unspecified atom stereocenters. The maximum atomic E-state index is 12.1. The Labute approximate surface area is 132 Å². The fourth-order valence-electron chi connectivity index (χ4n) is 4.13. The number of fused-ring (bicyclic) bond motifs is 2. The zero-order valence-electron chi connectivity index (χ0n) is 13.4. The second-order valence-corrected chi connectivity index (χ2v) is 6.66. The standard InChI is InChI=1S/C18H25NO3/c1-12(17-10-13-3-4-14(17)9-13)19-18(20)11-22-16-7-5-15(21-2)6-8-16/h5-8,12-14,17H,3-4,9-11H2,1-2H3,(H,19,20). The Hall–Kier alpha value is -1.71. The number of methoxy groups -OCH3 is 1. The normalized spacial score (nSPS) is 27.5. The number of hydrogen-bond donors (Lipinski definition) is 1. The number of carbonyl (C=O) groups is 1. The molecule has 0 radical (unpaired) electrons. The van der Waals surface area contributed by atoms with E-state index >= 15 is 0 Å². The van der Waals surface area contributed by atoms with Crippen molar-refractivity contribution in [3.05, 3.63) is 24.3 Å². The van der Waals surface area contributed by atoms with Gasteiger partial charge in [-0.1, -0.05) is 6.42 Å². The van der Waals surface area contributed by atoms with Gasteiger partial charge in [0, 0.05) is 6.04 Å². The molecular weight excluding hydrogens is 278 g/mol. The molecular formula is C18H25NO3. The summed E-state index contributed by atoms with van der Waals surface area (Å²) in [7, 11) is 1.63. The quantitative estimate of drug-likeness (QED) is 0.879. The highest BCUT2D eigenvalue weighted by atomic mass is 16.5. The number of carbonyl (C=O) groups excluding carboxylic acids is 1. The van der Waals surface area contributed by atoms with E-state index in [1.54, 1.807) is 7.11 Å². The SMILES string of the molecule is COc1ccc(OCC(=O)NC(C)C2CC3CCC2C3)cc1. The van der Waals surface area contributed by atoms with Gasteiger partial charge < -0.3 is 14.8 Å². The molecule has 0 saturated heterocycles. The first-order chi connectivity index (χ1) is 10.7. The summed E-state index contributed by atoms with van der Waals surface area (Å²) < 4.78 is 10.6. The van der Waals surface area contributed by atoms with Gasteiger partial charge in [-0.3, -0.25) is 4.79 Å². The summed E-state index contributed by atoms with van der Waals surface area (Å²) in [6.07, 6.45) is 5.39. The molecule has 0 aromatic heterocycles. The van der Waals surface area contributed by atoms with Crippen molar-refractivity contribution in [1.82, 2.24) is 5.32 Å². The molecule has 2 aliphatic rings. The molecule has 0 spiro atoms. The van der Waals surface area contributed by atoms with Gasteiger partial charge in [-0.25, -0.2) is 0 Å². The molecule has 4 atom stereocenters. The highest BCUT2D eigenvalue weighted by molar-refractivity contribution is 5.77. The average Bonchev–Trinajstić information content (AvgIpc) is 3.16. The highest BCUT2D eigenvalue weighted by Gasteiger charge is 2.42. The van der Waals surface area contributed by atoms with E-state index in [0.29, 0.717) is 11.7 Å². The number of amides is 1. The van der Waals surface area contributed by atoms with E-state index in [4.69, 9.17) is 9.47 Å². The van der Waals surface area contributed by atoms with E-state index in [9.17, 15) is 4.79 Å². The molecule has 1 amide bonds. The van der Waals surface area contributed by atoms with Gasteiger partial charge in [-0.15, -0.1) is 0 Å². The second kappa shape index (κ2) is 6.59. The van der Waals surface area contributed by atoms with Crippen molar-refractivity contribution in [1.29, 1.82) is 0 Å². The molecule has 0 aliphatic heterocycles. The maximum absolute atomic E-state index is 12.1. The van der Waals surface area contributed by atoms with Crippen LogP contribution in [0.3, 0.4) is 0 Å².